The maximum Gasteiger partial charge on any atom is 0.338 e. The van der Waals surface area contributed by atoms with Crippen molar-refractivity contribution in [3.63, 3.8) is 0 Å². The number of halogens is 1. The average molecular weight is 257 g/mol. The summed E-state index contributed by atoms with van der Waals surface area (Å²) in [4.78, 5) is 10.6. The van der Waals surface area contributed by atoms with Gasteiger partial charge in [0.25, 0.3) is 0 Å². The number of methoxy groups -OCH3 is 1. The van der Waals surface area contributed by atoms with E-state index >= 15 is 0 Å². The van der Waals surface area contributed by atoms with Crippen LogP contribution in [0.15, 0.2) is 18.2 Å². The van der Waals surface area contributed by atoms with Gasteiger partial charge in [-0.3, -0.25) is 0 Å². The molecule has 1 aromatic rings. The molecule has 0 saturated carbocycles. The lowest BCUT2D eigenvalue weighted by Crippen LogP contribution is -2.12. The molecule has 0 radical (unpaired) electrons. The largest absolute Gasteiger partial charge is 0.478 e. The Balaban J connectivity index is 2.35. The van der Waals surface area contributed by atoms with Gasteiger partial charge in [0.2, 0.25) is 0 Å². The van der Waals surface area contributed by atoms with Gasteiger partial charge in [0.1, 0.15) is 5.82 Å². The molecule has 0 aliphatic heterocycles. The number of carboxylic acids is 1. The summed E-state index contributed by atoms with van der Waals surface area (Å²) in [5.41, 5.74) is 0.185. The van der Waals surface area contributed by atoms with Crippen LogP contribution in [-0.4, -0.2) is 44.6 Å². The minimum Gasteiger partial charge on any atom is -0.478 e. The molecular weight excluding hydrogens is 241 g/mol. The zero-order valence-corrected chi connectivity index (χ0v) is 10.1. The van der Waals surface area contributed by atoms with Gasteiger partial charge in [0, 0.05) is 19.3 Å². The fourth-order valence-corrected chi connectivity index (χ4v) is 1.31. The second-order valence-corrected chi connectivity index (χ2v) is 3.53. The molecule has 0 aliphatic carbocycles. The first-order valence-corrected chi connectivity index (χ1v) is 5.48. The molecule has 0 unspecified atom stereocenters. The van der Waals surface area contributed by atoms with E-state index in [1.165, 1.54) is 12.1 Å². The number of nitrogens with one attached hydrogen (secondary N) is 1. The van der Waals surface area contributed by atoms with E-state index in [-0.39, 0.29) is 5.56 Å². The van der Waals surface area contributed by atoms with Crippen molar-refractivity contribution in [1.82, 2.24) is 0 Å². The summed E-state index contributed by atoms with van der Waals surface area (Å²) >= 11 is 0. The topological polar surface area (TPSA) is 67.8 Å². The summed E-state index contributed by atoms with van der Waals surface area (Å²) in [5, 5.41) is 11.6. The zero-order chi connectivity index (χ0) is 13.4. The molecular formula is C12H16FNO4. The number of anilines is 1. The van der Waals surface area contributed by atoms with E-state index < -0.39 is 11.8 Å². The second kappa shape index (κ2) is 7.62. The van der Waals surface area contributed by atoms with Crippen LogP contribution in [0.2, 0.25) is 0 Å². The number of rotatable bonds is 8. The average Bonchev–Trinajstić information content (AvgIpc) is 2.33. The van der Waals surface area contributed by atoms with Gasteiger partial charge in [0.05, 0.1) is 25.4 Å². The van der Waals surface area contributed by atoms with Crippen LogP contribution >= 0.6 is 0 Å². The fraction of sp³-hybridized carbons (Fsp3) is 0.417. The van der Waals surface area contributed by atoms with Crippen LogP contribution in [-0.2, 0) is 9.47 Å². The third-order valence-electron chi connectivity index (χ3n) is 2.21. The summed E-state index contributed by atoms with van der Waals surface area (Å²) in [6.07, 6.45) is 0. The van der Waals surface area contributed by atoms with Crippen molar-refractivity contribution in [3.8, 4) is 0 Å². The molecule has 5 nitrogen and oxygen atoms in total. The van der Waals surface area contributed by atoms with Crippen molar-refractivity contribution in [2.75, 3.05) is 38.8 Å². The smallest absolute Gasteiger partial charge is 0.338 e. The lowest BCUT2D eigenvalue weighted by Gasteiger charge is -2.08. The van der Waals surface area contributed by atoms with E-state index in [0.717, 1.165) is 6.07 Å². The normalized spacial score (nSPS) is 10.3. The number of aromatic carboxylic acids is 1. The predicted molar refractivity (Wildman–Crippen MR) is 64.5 cm³/mol. The van der Waals surface area contributed by atoms with Crippen molar-refractivity contribution in [3.05, 3.63) is 29.6 Å². The molecule has 18 heavy (non-hydrogen) atoms. The Morgan fingerprint density at radius 3 is 2.78 bits per heavy atom. The lowest BCUT2D eigenvalue weighted by atomic mass is 10.2. The molecule has 0 amide bonds. The molecule has 1 aromatic carbocycles. The minimum atomic E-state index is -1.28. The maximum atomic E-state index is 13.3. The fourth-order valence-electron chi connectivity index (χ4n) is 1.31. The number of ether oxygens (including phenoxy) is 2. The van der Waals surface area contributed by atoms with Crippen LogP contribution in [0.3, 0.4) is 0 Å². The molecule has 6 heteroatoms. The highest BCUT2D eigenvalue weighted by Crippen LogP contribution is 2.14. The monoisotopic (exact) mass is 257 g/mol. The quantitative estimate of drug-likeness (QED) is 0.692. The van der Waals surface area contributed by atoms with E-state index in [1.54, 1.807) is 7.11 Å². The second-order valence-electron chi connectivity index (χ2n) is 3.53. The number of hydrogen-bond acceptors (Lipinski definition) is 4. The van der Waals surface area contributed by atoms with Crippen molar-refractivity contribution in [2.24, 2.45) is 0 Å². The Bertz CT molecular complexity index is 398. The van der Waals surface area contributed by atoms with E-state index in [2.05, 4.69) is 5.32 Å². The molecule has 0 fully saturated rings. The highest BCUT2D eigenvalue weighted by Gasteiger charge is 2.09. The molecule has 0 bridgehead atoms. The summed E-state index contributed by atoms with van der Waals surface area (Å²) < 4.78 is 23.3. The van der Waals surface area contributed by atoms with Crippen molar-refractivity contribution < 1.29 is 23.8 Å². The molecule has 1 rings (SSSR count). The molecule has 0 aliphatic rings. The highest BCUT2D eigenvalue weighted by molar-refractivity contribution is 5.88. The van der Waals surface area contributed by atoms with Crippen LogP contribution in [0.25, 0.3) is 0 Å². The Hall–Kier alpha value is -1.66. The van der Waals surface area contributed by atoms with Gasteiger partial charge in [0.15, 0.2) is 0 Å². The molecule has 100 valence electrons. The van der Waals surface area contributed by atoms with Crippen LogP contribution in [0.5, 0.6) is 0 Å². The number of carboxylic acid groups (broad SMARTS) is 1. The zero-order valence-electron chi connectivity index (χ0n) is 10.1. The van der Waals surface area contributed by atoms with Crippen molar-refractivity contribution in [1.29, 1.82) is 0 Å². The maximum absolute atomic E-state index is 13.3. The van der Waals surface area contributed by atoms with Gasteiger partial charge < -0.3 is 19.9 Å². The van der Waals surface area contributed by atoms with Crippen molar-refractivity contribution in [2.45, 2.75) is 0 Å². The number of benzene rings is 1. The Kier molecular flexibility index (Phi) is 6.10. The summed E-state index contributed by atoms with van der Waals surface area (Å²) in [6, 6.07) is 3.89. The van der Waals surface area contributed by atoms with Gasteiger partial charge >= 0.3 is 5.97 Å². The standard InChI is InChI=1S/C12H16FNO4/c1-17-6-7-18-5-4-14-9-2-3-10(12(15)16)11(13)8-9/h2-3,8,14H,4-7H2,1H3,(H,15,16). The van der Waals surface area contributed by atoms with Crippen LogP contribution in [0.1, 0.15) is 10.4 Å². The molecule has 0 atom stereocenters. The van der Waals surface area contributed by atoms with Crippen molar-refractivity contribution >= 4 is 11.7 Å². The summed E-state index contributed by atoms with van der Waals surface area (Å²) in [6.45, 7) is 2.01. The Labute approximate surface area is 105 Å². The summed E-state index contributed by atoms with van der Waals surface area (Å²) in [5.74, 6) is -2.03. The molecule has 0 saturated heterocycles. The van der Waals surface area contributed by atoms with E-state index in [4.69, 9.17) is 14.6 Å². The third kappa shape index (κ3) is 4.68. The highest BCUT2D eigenvalue weighted by atomic mass is 19.1. The summed E-state index contributed by atoms with van der Waals surface area (Å²) in [7, 11) is 1.59. The Morgan fingerprint density at radius 2 is 2.17 bits per heavy atom. The number of hydrogen-bond donors (Lipinski definition) is 2. The third-order valence-corrected chi connectivity index (χ3v) is 2.21. The van der Waals surface area contributed by atoms with E-state index in [1.807, 2.05) is 0 Å². The first-order valence-electron chi connectivity index (χ1n) is 5.48. The first-order chi connectivity index (χ1) is 8.65. The van der Waals surface area contributed by atoms with Crippen LogP contribution in [0.4, 0.5) is 10.1 Å². The molecule has 0 spiro atoms. The van der Waals surface area contributed by atoms with Gasteiger partial charge in [-0.05, 0) is 18.2 Å². The Morgan fingerprint density at radius 1 is 1.39 bits per heavy atom. The predicted octanol–water partition coefficient (Wildman–Crippen LogP) is 1.60. The molecule has 0 heterocycles. The van der Waals surface area contributed by atoms with E-state index in [0.29, 0.717) is 32.1 Å². The van der Waals surface area contributed by atoms with E-state index in [9.17, 15) is 9.18 Å². The van der Waals surface area contributed by atoms with Crippen LogP contribution < -0.4 is 5.32 Å². The molecule has 0 aromatic heterocycles. The minimum absolute atomic E-state index is 0.336. The lowest BCUT2D eigenvalue weighted by molar-refractivity contribution is 0.0692. The first kappa shape index (κ1) is 14.4. The van der Waals surface area contributed by atoms with Gasteiger partial charge in [-0.2, -0.15) is 0 Å². The number of carbonyl (C=O) groups is 1. The van der Waals surface area contributed by atoms with Gasteiger partial charge in [-0.25, -0.2) is 9.18 Å². The van der Waals surface area contributed by atoms with Crippen LogP contribution in [0, 0.1) is 5.82 Å². The van der Waals surface area contributed by atoms with Gasteiger partial charge in [-0.15, -0.1) is 0 Å². The molecule has 2 N–H and O–H groups in total. The SMILES string of the molecule is COCCOCCNc1ccc(C(=O)O)c(F)c1. The van der Waals surface area contributed by atoms with Gasteiger partial charge in [-0.1, -0.05) is 0 Å².